The Labute approximate surface area is 121 Å². The fourth-order valence-corrected chi connectivity index (χ4v) is 4.17. The molecule has 1 aromatic carbocycles. The number of hydrogen-bond acceptors (Lipinski definition) is 1. The van der Waals surface area contributed by atoms with Gasteiger partial charge in [0.25, 0.3) is 0 Å². The molecule has 0 bridgehead atoms. The number of hydrogen-bond donors (Lipinski definition) is 2. The summed E-state index contributed by atoms with van der Waals surface area (Å²) in [6.07, 6.45) is 7.77. The van der Waals surface area contributed by atoms with Crippen molar-refractivity contribution in [3.8, 4) is 0 Å². The van der Waals surface area contributed by atoms with Gasteiger partial charge in [-0.3, -0.25) is 0 Å². The van der Waals surface area contributed by atoms with E-state index in [2.05, 4.69) is 47.7 Å². The fraction of sp³-hybridized carbons (Fsp3) is 0.556. The molecule has 0 saturated heterocycles. The van der Waals surface area contributed by atoms with Crippen LogP contribution in [0.1, 0.15) is 31.7 Å². The predicted octanol–water partition coefficient (Wildman–Crippen LogP) is 3.73. The molecular formula is C18H24N2. The van der Waals surface area contributed by atoms with Crippen LogP contribution in [0, 0.1) is 17.8 Å². The Hall–Kier alpha value is -1.28. The number of aromatic amines is 1. The topological polar surface area (TPSA) is 27.8 Å². The Morgan fingerprint density at radius 3 is 2.95 bits per heavy atom. The molecule has 2 fully saturated rings. The van der Waals surface area contributed by atoms with Crippen LogP contribution in [0.3, 0.4) is 0 Å². The molecule has 1 aromatic heterocycles. The van der Waals surface area contributed by atoms with E-state index in [0.29, 0.717) is 6.04 Å². The number of rotatable bonds is 5. The Kier molecular flexibility index (Phi) is 3.07. The summed E-state index contributed by atoms with van der Waals surface area (Å²) in [6.45, 7) is 3.55. The maximum absolute atomic E-state index is 3.76. The molecule has 1 heterocycles. The Bertz CT molecular complexity index is 600. The average Bonchev–Trinajstić information content (AvgIpc) is 2.84. The van der Waals surface area contributed by atoms with Gasteiger partial charge in [-0.15, -0.1) is 0 Å². The summed E-state index contributed by atoms with van der Waals surface area (Å²) >= 11 is 0. The second-order valence-electron chi connectivity index (χ2n) is 6.87. The average molecular weight is 268 g/mol. The van der Waals surface area contributed by atoms with Crippen LogP contribution in [0.2, 0.25) is 0 Å². The second kappa shape index (κ2) is 4.92. The number of fused-ring (bicyclic) bond motifs is 2. The number of benzene rings is 1. The number of aromatic nitrogens is 1. The van der Waals surface area contributed by atoms with Crippen LogP contribution in [0.5, 0.6) is 0 Å². The minimum atomic E-state index is 0.563. The van der Waals surface area contributed by atoms with Crippen LogP contribution in [-0.4, -0.2) is 17.6 Å². The summed E-state index contributed by atoms with van der Waals surface area (Å²) in [5.41, 5.74) is 2.70. The van der Waals surface area contributed by atoms with Gasteiger partial charge in [0, 0.05) is 23.1 Å². The highest BCUT2D eigenvalue weighted by molar-refractivity contribution is 5.83. The molecule has 0 spiro atoms. The Morgan fingerprint density at radius 2 is 2.20 bits per heavy atom. The summed E-state index contributed by atoms with van der Waals surface area (Å²) in [6, 6.07) is 9.16. The van der Waals surface area contributed by atoms with Gasteiger partial charge < -0.3 is 10.3 Å². The highest BCUT2D eigenvalue weighted by Crippen LogP contribution is 2.53. The van der Waals surface area contributed by atoms with Crippen molar-refractivity contribution in [3.63, 3.8) is 0 Å². The van der Waals surface area contributed by atoms with Crippen molar-refractivity contribution >= 4 is 10.9 Å². The first kappa shape index (κ1) is 12.5. The van der Waals surface area contributed by atoms with E-state index in [0.717, 1.165) is 24.2 Å². The Morgan fingerprint density at radius 1 is 1.30 bits per heavy atom. The summed E-state index contributed by atoms with van der Waals surface area (Å²) in [4.78, 5) is 3.37. The van der Waals surface area contributed by atoms with Crippen LogP contribution >= 0.6 is 0 Å². The summed E-state index contributed by atoms with van der Waals surface area (Å²) in [7, 11) is 0. The lowest BCUT2D eigenvalue weighted by atomic mass is 9.53. The van der Waals surface area contributed by atoms with Gasteiger partial charge in [0.05, 0.1) is 0 Å². The summed E-state index contributed by atoms with van der Waals surface area (Å²) < 4.78 is 0. The number of nitrogens with one attached hydrogen (secondary N) is 2. The van der Waals surface area contributed by atoms with Gasteiger partial charge in [0.1, 0.15) is 0 Å². The first-order valence-electron chi connectivity index (χ1n) is 8.09. The zero-order valence-corrected chi connectivity index (χ0v) is 12.2. The third kappa shape index (κ3) is 2.07. The molecule has 106 valence electrons. The van der Waals surface area contributed by atoms with Crippen molar-refractivity contribution in [2.45, 2.75) is 38.6 Å². The molecule has 2 aromatic rings. The molecule has 2 N–H and O–H groups in total. The van der Waals surface area contributed by atoms with Gasteiger partial charge in [-0.25, -0.2) is 0 Å². The molecule has 4 rings (SSSR count). The van der Waals surface area contributed by atoms with Crippen molar-refractivity contribution in [2.24, 2.45) is 17.8 Å². The van der Waals surface area contributed by atoms with Gasteiger partial charge in [-0.05, 0) is 68.5 Å². The molecule has 0 amide bonds. The smallest absolute Gasteiger partial charge is 0.0456 e. The van der Waals surface area contributed by atoms with Crippen molar-refractivity contribution in [1.82, 2.24) is 10.3 Å². The molecule has 0 aliphatic heterocycles. The molecular weight excluding hydrogens is 244 g/mol. The minimum Gasteiger partial charge on any atom is -0.361 e. The van der Waals surface area contributed by atoms with Crippen molar-refractivity contribution in [2.75, 3.05) is 6.54 Å². The van der Waals surface area contributed by atoms with E-state index < -0.39 is 0 Å². The highest BCUT2D eigenvalue weighted by atomic mass is 14.9. The van der Waals surface area contributed by atoms with Crippen LogP contribution in [0.4, 0.5) is 0 Å². The quantitative estimate of drug-likeness (QED) is 0.849. The van der Waals surface area contributed by atoms with E-state index in [1.807, 2.05) is 0 Å². The summed E-state index contributed by atoms with van der Waals surface area (Å²) in [5, 5.41) is 5.14. The van der Waals surface area contributed by atoms with Crippen LogP contribution in [0.15, 0.2) is 30.5 Å². The first-order chi connectivity index (χ1) is 9.81. The first-order valence-corrected chi connectivity index (χ1v) is 8.09. The van der Waals surface area contributed by atoms with E-state index in [-0.39, 0.29) is 0 Å². The largest absolute Gasteiger partial charge is 0.361 e. The van der Waals surface area contributed by atoms with E-state index in [4.69, 9.17) is 0 Å². The molecule has 2 saturated carbocycles. The molecule has 0 radical (unpaired) electrons. The molecule has 2 aliphatic carbocycles. The van der Waals surface area contributed by atoms with Crippen LogP contribution < -0.4 is 5.32 Å². The van der Waals surface area contributed by atoms with E-state index >= 15 is 0 Å². The Balaban J connectivity index is 1.34. The second-order valence-corrected chi connectivity index (χ2v) is 6.87. The summed E-state index contributed by atoms with van der Waals surface area (Å²) in [5.74, 6) is 3.15. The highest BCUT2D eigenvalue weighted by Gasteiger charge is 2.46. The van der Waals surface area contributed by atoms with Crippen LogP contribution in [0.25, 0.3) is 10.9 Å². The van der Waals surface area contributed by atoms with Crippen molar-refractivity contribution in [1.29, 1.82) is 0 Å². The van der Waals surface area contributed by atoms with Gasteiger partial charge in [0.2, 0.25) is 0 Å². The maximum Gasteiger partial charge on any atom is 0.0456 e. The molecule has 4 atom stereocenters. The van der Waals surface area contributed by atoms with E-state index in [9.17, 15) is 0 Å². The van der Waals surface area contributed by atoms with Gasteiger partial charge in [-0.1, -0.05) is 18.2 Å². The molecule has 2 nitrogen and oxygen atoms in total. The van der Waals surface area contributed by atoms with Crippen molar-refractivity contribution in [3.05, 3.63) is 36.0 Å². The zero-order valence-electron chi connectivity index (χ0n) is 12.2. The number of para-hydroxylation sites is 1. The van der Waals surface area contributed by atoms with Gasteiger partial charge >= 0.3 is 0 Å². The minimum absolute atomic E-state index is 0.563. The number of H-pyrrole nitrogens is 1. The third-order valence-corrected chi connectivity index (χ3v) is 5.62. The molecule has 2 heteroatoms. The van der Waals surface area contributed by atoms with E-state index in [1.165, 1.54) is 42.3 Å². The van der Waals surface area contributed by atoms with Gasteiger partial charge in [-0.2, -0.15) is 0 Å². The predicted molar refractivity (Wildman–Crippen MR) is 83.8 cm³/mol. The molecule has 3 unspecified atom stereocenters. The van der Waals surface area contributed by atoms with Crippen LogP contribution in [-0.2, 0) is 6.42 Å². The normalized spacial score (nSPS) is 29.6. The van der Waals surface area contributed by atoms with Crippen molar-refractivity contribution < 1.29 is 0 Å². The lowest BCUT2D eigenvalue weighted by Crippen LogP contribution is -2.49. The third-order valence-electron chi connectivity index (χ3n) is 5.62. The standard InChI is InChI=1S/C18H24N2/c1-12(19-10-15-9-13-6-7-16(13)15)8-14-11-20-18-5-3-2-4-17(14)18/h2-5,11-13,15-16,19-20H,6-10H2,1H3/t12-,13?,15?,16?/m1/s1. The lowest BCUT2D eigenvalue weighted by molar-refractivity contribution is -0.0248. The maximum atomic E-state index is 3.76. The SMILES string of the molecule is C[C@H](Cc1c[nH]c2ccccc12)NCC1CC2CCC21. The molecule has 20 heavy (non-hydrogen) atoms. The monoisotopic (exact) mass is 268 g/mol. The zero-order chi connectivity index (χ0) is 13.5. The van der Waals surface area contributed by atoms with Gasteiger partial charge in [0.15, 0.2) is 0 Å². The fourth-order valence-electron chi connectivity index (χ4n) is 4.17. The lowest BCUT2D eigenvalue weighted by Gasteiger charge is -2.53. The van der Waals surface area contributed by atoms with E-state index in [1.54, 1.807) is 0 Å². The molecule has 2 aliphatic rings.